The van der Waals surface area contributed by atoms with Gasteiger partial charge in [-0.2, -0.15) is 0 Å². The number of amides is 2. The molecule has 0 aromatic heterocycles. The van der Waals surface area contributed by atoms with Crippen LogP contribution in [0.4, 0.5) is 4.79 Å². The van der Waals surface area contributed by atoms with Gasteiger partial charge in [0.1, 0.15) is 5.75 Å². The Labute approximate surface area is 167 Å². The molecule has 2 rings (SSSR count). The zero-order valence-electron chi connectivity index (χ0n) is 17.0. The fourth-order valence-corrected chi connectivity index (χ4v) is 3.50. The Bertz CT molecular complexity index is 638. The molecule has 1 aromatic rings. The number of nitrogens with zero attached hydrogens (tertiary/aromatic N) is 2. The molecule has 1 fully saturated rings. The smallest absolute Gasteiger partial charge is 0.317 e. The van der Waals surface area contributed by atoms with Crippen LogP contribution in [0.2, 0.25) is 0 Å². The van der Waals surface area contributed by atoms with Crippen molar-refractivity contribution in [1.82, 2.24) is 15.1 Å². The number of carbonyl (C=O) groups is 2. The molecule has 1 heterocycles. The maximum Gasteiger partial charge on any atom is 0.317 e. The Morgan fingerprint density at radius 3 is 2.89 bits per heavy atom. The summed E-state index contributed by atoms with van der Waals surface area (Å²) in [5.41, 5.74) is 1.14. The maximum absolute atomic E-state index is 12.5. The monoisotopic (exact) mass is 391 g/mol. The highest BCUT2D eigenvalue weighted by atomic mass is 16.5. The number of likely N-dealkylation sites (N-methyl/N-ethyl adjacent to an activating group) is 1. The molecule has 1 atom stereocenters. The van der Waals surface area contributed by atoms with Crippen LogP contribution in [0.3, 0.4) is 0 Å². The number of rotatable bonds is 9. The number of likely N-dealkylation sites (tertiary alicyclic amines) is 1. The molecule has 7 heteroatoms. The van der Waals surface area contributed by atoms with Gasteiger partial charge in [-0.3, -0.25) is 9.69 Å². The van der Waals surface area contributed by atoms with Crippen molar-refractivity contribution in [1.29, 1.82) is 0 Å². The molecule has 2 N–H and O–H groups in total. The number of carboxylic acid groups (broad SMARTS) is 1. The van der Waals surface area contributed by atoms with Crippen LogP contribution in [0, 0.1) is 0 Å². The Hall–Kier alpha value is -2.28. The Balaban J connectivity index is 1.75. The minimum atomic E-state index is -0.814. The number of ether oxygens (including phenoxy) is 1. The number of hydrogen-bond acceptors (Lipinski definition) is 4. The number of carboxylic acids is 1. The molecule has 1 aliphatic rings. The van der Waals surface area contributed by atoms with Crippen LogP contribution < -0.4 is 10.1 Å². The van der Waals surface area contributed by atoms with Crippen molar-refractivity contribution in [3.63, 3.8) is 0 Å². The quantitative estimate of drug-likeness (QED) is 0.676. The van der Waals surface area contributed by atoms with E-state index in [4.69, 9.17) is 9.84 Å². The summed E-state index contributed by atoms with van der Waals surface area (Å²) in [6, 6.07) is 8.16. The second-order valence-corrected chi connectivity index (χ2v) is 7.36. The Morgan fingerprint density at radius 1 is 1.32 bits per heavy atom. The summed E-state index contributed by atoms with van der Waals surface area (Å²) in [6.45, 7) is 4.77. The highest BCUT2D eigenvalue weighted by molar-refractivity contribution is 5.74. The number of urea groups is 1. The van der Waals surface area contributed by atoms with Gasteiger partial charge in [0.05, 0.1) is 13.2 Å². The van der Waals surface area contributed by atoms with Crippen LogP contribution in [0.25, 0.3) is 0 Å². The summed E-state index contributed by atoms with van der Waals surface area (Å²) in [7, 11) is 1.84. The van der Waals surface area contributed by atoms with Crippen LogP contribution in [0.1, 0.15) is 38.2 Å². The zero-order chi connectivity index (χ0) is 20.4. The van der Waals surface area contributed by atoms with Crippen molar-refractivity contribution in [2.45, 2.75) is 45.1 Å². The van der Waals surface area contributed by atoms with E-state index in [0.29, 0.717) is 26.2 Å². The van der Waals surface area contributed by atoms with E-state index in [1.165, 1.54) is 0 Å². The maximum atomic E-state index is 12.5. The fourth-order valence-electron chi connectivity index (χ4n) is 3.50. The van der Waals surface area contributed by atoms with E-state index < -0.39 is 5.97 Å². The average molecular weight is 392 g/mol. The molecule has 7 nitrogen and oxygen atoms in total. The molecule has 1 aliphatic heterocycles. The molecular formula is C21H33N3O4. The molecule has 0 spiro atoms. The third-order valence-electron chi connectivity index (χ3n) is 5.05. The van der Waals surface area contributed by atoms with Crippen molar-refractivity contribution in [2.75, 3.05) is 39.8 Å². The van der Waals surface area contributed by atoms with Crippen molar-refractivity contribution < 1.29 is 19.4 Å². The number of benzene rings is 1. The molecule has 28 heavy (non-hydrogen) atoms. The molecule has 1 saturated heterocycles. The lowest BCUT2D eigenvalue weighted by molar-refractivity contribution is -0.138. The van der Waals surface area contributed by atoms with Gasteiger partial charge in [-0.25, -0.2) is 4.79 Å². The fraction of sp³-hybridized carbons (Fsp3) is 0.619. The number of hydrogen-bond donors (Lipinski definition) is 2. The summed E-state index contributed by atoms with van der Waals surface area (Å²) in [5.74, 6) is 0.0558. The average Bonchev–Trinajstić information content (AvgIpc) is 2.92. The second kappa shape index (κ2) is 11.5. The highest BCUT2D eigenvalue weighted by Crippen LogP contribution is 2.16. The summed E-state index contributed by atoms with van der Waals surface area (Å²) in [5, 5.41) is 12.0. The standard InChI is InChI=1S/C21H33N3O4/c1-3-14-28-19-8-4-6-17(15-19)9-11-22-21(27)24-12-5-7-18(10-13-24)23(2)16-20(25)26/h4,6,8,15,18H,3,5,7,9-14,16H2,1-2H3,(H,22,27)(H,25,26). The number of nitrogens with one attached hydrogen (secondary N) is 1. The topological polar surface area (TPSA) is 82.1 Å². The van der Waals surface area contributed by atoms with Crippen LogP contribution >= 0.6 is 0 Å². The van der Waals surface area contributed by atoms with Gasteiger partial charge in [0.2, 0.25) is 0 Å². The largest absolute Gasteiger partial charge is 0.494 e. The molecule has 156 valence electrons. The molecule has 0 bridgehead atoms. The first kappa shape index (κ1) is 22.0. The predicted octanol–water partition coefficient (Wildman–Crippen LogP) is 2.60. The molecule has 1 aromatic carbocycles. The van der Waals surface area contributed by atoms with Crippen molar-refractivity contribution in [3.8, 4) is 5.75 Å². The third-order valence-corrected chi connectivity index (χ3v) is 5.05. The molecular weight excluding hydrogens is 358 g/mol. The van der Waals surface area contributed by atoms with Gasteiger partial charge in [0.15, 0.2) is 0 Å². The van der Waals surface area contributed by atoms with Gasteiger partial charge in [-0.15, -0.1) is 0 Å². The van der Waals surface area contributed by atoms with E-state index in [2.05, 4.69) is 12.2 Å². The van der Waals surface area contributed by atoms with Crippen LogP contribution in [0.5, 0.6) is 5.75 Å². The van der Waals surface area contributed by atoms with Gasteiger partial charge >= 0.3 is 12.0 Å². The first-order valence-electron chi connectivity index (χ1n) is 10.2. The van der Waals surface area contributed by atoms with E-state index in [-0.39, 0.29) is 18.6 Å². The third kappa shape index (κ3) is 7.38. The molecule has 0 saturated carbocycles. The molecule has 2 amide bonds. The van der Waals surface area contributed by atoms with Gasteiger partial charge in [-0.05, 0) is 56.8 Å². The second-order valence-electron chi connectivity index (χ2n) is 7.36. The van der Waals surface area contributed by atoms with Gasteiger partial charge in [0, 0.05) is 25.7 Å². The molecule has 0 radical (unpaired) electrons. The van der Waals surface area contributed by atoms with E-state index >= 15 is 0 Å². The summed E-state index contributed by atoms with van der Waals surface area (Å²) in [4.78, 5) is 27.1. The van der Waals surface area contributed by atoms with E-state index in [1.807, 2.05) is 41.1 Å². The van der Waals surface area contributed by atoms with E-state index in [1.54, 1.807) is 0 Å². The van der Waals surface area contributed by atoms with E-state index in [0.717, 1.165) is 43.4 Å². The minimum absolute atomic E-state index is 0.0396. The first-order valence-corrected chi connectivity index (χ1v) is 10.2. The Kier molecular flexibility index (Phi) is 9.07. The summed E-state index contributed by atoms with van der Waals surface area (Å²) in [6.07, 6.45) is 4.33. The molecule has 0 aliphatic carbocycles. The lowest BCUT2D eigenvalue weighted by atomic mass is 10.1. The Morgan fingerprint density at radius 2 is 2.14 bits per heavy atom. The number of carbonyl (C=O) groups excluding carboxylic acids is 1. The van der Waals surface area contributed by atoms with Gasteiger partial charge < -0.3 is 20.1 Å². The van der Waals surface area contributed by atoms with Crippen LogP contribution in [0.15, 0.2) is 24.3 Å². The lowest BCUT2D eigenvalue weighted by Crippen LogP contribution is -2.42. The van der Waals surface area contributed by atoms with Crippen molar-refractivity contribution in [2.24, 2.45) is 0 Å². The molecule has 1 unspecified atom stereocenters. The van der Waals surface area contributed by atoms with Crippen molar-refractivity contribution in [3.05, 3.63) is 29.8 Å². The zero-order valence-corrected chi connectivity index (χ0v) is 17.0. The normalized spacial score (nSPS) is 17.2. The highest BCUT2D eigenvalue weighted by Gasteiger charge is 2.23. The van der Waals surface area contributed by atoms with E-state index in [9.17, 15) is 9.59 Å². The minimum Gasteiger partial charge on any atom is -0.494 e. The van der Waals surface area contributed by atoms with Crippen LogP contribution in [-0.4, -0.2) is 72.8 Å². The SMILES string of the molecule is CCCOc1cccc(CCNC(=O)N2CCCC(N(C)CC(=O)O)CC2)c1. The first-order chi connectivity index (χ1) is 13.5. The van der Waals surface area contributed by atoms with Gasteiger partial charge in [-0.1, -0.05) is 19.1 Å². The van der Waals surface area contributed by atoms with Gasteiger partial charge in [0.25, 0.3) is 0 Å². The summed E-state index contributed by atoms with van der Waals surface area (Å²) >= 11 is 0. The summed E-state index contributed by atoms with van der Waals surface area (Å²) < 4.78 is 5.65. The van der Waals surface area contributed by atoms with Crippen LogP contribution in [-0.2, 0) is 11.2 Å². The predicted molar refractivity (Wildman–Crippen MR) is 109 cm³/mol. The van der Waals surface area contributed by atoms with Crippen molar-refractivity contribution >= 4 is 12.0 Å². The number of aliphatic carboxylic acids is 1. The lowest BCUT2D eigenvalue weighted by Gasteiger charge is -2.25.